The van der Waals surface area contributed by atoms with Gasteiger partial charge in [-0.15, -0.1) is 0 Å². The summed E-state index contributed by atoms with van der Waals surface area (Å²) in [5, 5.41) is 4.36. The SMILES string of the molecule is CC1CN(C)CCCN1CCSC1CCNCC1. The first-order chi connectivity index (χ1) is 8.75. The molecule has 0 aromatic rings. The van der Waals surface area contributed by atoms with Crippen LogP contribution in [0.4, 0.5) is 0 Å². The number of likely N-dealkylation sites (N-methyl/N-ethyl adjacent to an activating group) is 1. The molecule has 2 heterocycles. The van der Waals surface area contributed by atoms with E-state index in [9.17, 15) is 0 Å². The zero-order valence-electron chi connectivity index (χ0n) is 12.0. The molecule has 2 rings (SSSR count). The molecule has 0 bridgehead atoms. The lowest BCUT2D eigenvalue weighted by Gasteiger charge is -2.29. The molecule has 106 valence electrons. The highest BCUT2D eigenvalue weighted by molar-refractivity contribution is 7.99. The van der Waals surface area contributed by atoms with E-state index in [4.69, 9.17) is 0 Å². The topological polar surface area (TPSA) is 18.5 Å². The molecule has 2 aliphatic heterocycles. The van der Waals surface area contributed by atoms with Crippen LogP contribution in [-0.4, -0.2) is 73.2 Å². The van der Waals surface area contributed by atoms with E-state index in [1.165, 1.54) is 64.3 Å². The average Bonchev–Trinajstić information content (AvgIpc) is 2.52. The van der Waals surface area contributed by atoms with Gasteiger partial charge in [0.25, 0.3) is 0 Å². The molecule has 4 heteroatoms. The van der Waals surface area contributed by atoms with Gasteiger partial charge in [-0.25, -0.2) is 0 Å². The first-order valence-corrected chi connectivity index (χ1v) is 8.55. The highest BCUT2D eigenvalue weighted by atomic mass is 32.2. The quantitative estimate of drug-likeness (QED) is 0.835. The van der Waals surface area contributed by atoms with Gasteiger partial charge in [0.1, 0.15) is 0 Å². The lowest BCUT2D eigenvalue weighted by Crippen LogP contribution is -2.39. The fraction of sp³-hybridized carbons (Fsp3) is 1.00. The van der Waals surface area contributed by atoms with Gasteiger partial charge in [0, 0.05) is 30.1 Å². The Morgan fingerprint density at radius 3 is 2.78 bits per heavy atom. The first-order valence-electron chi connectivity index (χ1n) is 7.50. The molecule has 1 N–H and O–H groups in total. The van der Waals surface area contributed by atoms with E-state index in [1.807, 2.05) is 0 Å². The molecule has 0 aromatic heterocycles. The van der Waals surface area contributed by atoms with Gasteiger partial charge in [0.2, 0.25) is 0 Å². The molecule has 0 saturated carbocycles. The Kier molecular flexibility index (Phi) is 6.29. The molecule has 0 radical (unpaired) electrons. The van der Waals surface area contributed by atoms with E-state index in [0.717, 1.165) is 11.3 Å². The Hall–Kier alpha value is 0.230. The monoisotopic (exact) mass is 271 g/mol. The number of nitrogens with zero attached hydrogens (tertiary/aromatic N) is 2. The van der Waals surface area contributed by atoms with E-state index in [1.54, 1.807) is 0 Å². The number of hydrogen-bond acceptors (Lipinski definition) is 4. The van der Waals surface area contributed by atoms with Crippen molar-refractivity contribution < 1.29 is 0 Å². The lowest BCUT2D eigenvalue weighted by atomic mass is 10.2. The Bertz CT molecular complexity index is 231. The average molecular weight is 271 g/mol. The van der Waals surface area contributed by atoms with Gasteiger partial charge >= 0.3 is 0 Å². The van der Waals surface area contributed by atoms with Crippen LogP contribution in [0.15, 0.2) is 0 Å². The Morgan fingerprint density at radius 1 is 1.22 bits per heavy atom. The Balaban J connectivity index is 1.65. The van der Waals surface area contributed by atoms with Crippen molar-refractivity contribution in [3.8, 4) is 0 Å². The molecule has 0 aliphatic carbocycles. The highest BCUT2D eigenvalue weighted by Crippen LogP contribution is 2.20. The fourth-order valence-electron chi connectivity index (χ4n) is 3.05. The molecule has 0 aromatic carbocycles. The van der Waals surface area contributed by atoms with Crippen LogP contribution < -0.4 is 5.32 Å². The van der Waals surface area contributed by atoms with Crippen LogP contribution in [0, 0.1) is 0 Å². The molecular weight excluding hydrogens is 242 g/mol. The summed E-state index contributed by atoms with van der Waals surface area (Å²) < 4.78 is 0. The minimum atomic E-state index is 0.728. The molecule has 2 aliphatic rings. The third kappa shape index (κ3) is 4.72. The summed E-state index contributed by atoms with van der Waals surface area (Å²) in [6, 6.07) is 0.728. The van der Waals surface area contributed by atoms with Crippen LogP contribution in [-0.2, 0) is 0 Å². The predicted molar refractivity (Wildman–Crippen MR) is 81.5 cm³/mol. The molecule has 0 amide bonds. The van der Waals surface area contributed by atoms with Gasteiger partial charge in [-0.1, -0.05) is 0 Å². The number of rotatable bonds is 4. The second kappa shape index (κ2) is 7.73. The zero-order valence-corrected chi connectivity index (χ0v) is 12.8. The number of thioether (sulfide) groups is 1. The maximum absolute atomic E-state index is 3.45. The number of piperidine rings is 1. The molecule has 3 nitrogen and oxygen atoms in total. The third-order valence-corrected chi connectivity index (χ3v) is 5.56. The molecule has 1 atom stereocenters. The van der Waals surface area contributed by atoms with E-state index in [0.29, 0.717) is 0 Å². The summed E-state index contributed by atoms with van der Waals surface area (Å²) >= 11 is 2.21. The summed E-state index contributed by atoms with van der Waals surface area (Å²) in [7, 11) is 2.25. The van der Waals surface area contributed by atoms with Crippen LogP contribution in [0.3, 0.4) is 0 Å². The molecule has 18 heavy (non-hydrogen) atoms. The van der Waals surface area contributed by atoms with E-state index in [-0.39, 0.29) is 0 Å². The Morgan fingerprint density at radius 2 is 2.00 bits per heavy atom. The van der Waals surface area contributed by atoms with Crippen LogP contribution in [0.5, 0.6) is 0 Å². The van der Waals surface area contributed by atoms with Crippen molar-refractivity contribution in [1.29, 1.82) is 0 Å². The van der Waals surface area contributed by atoms with Gasteiger partial charge in [0.15, 0.2) is 0 Å². The summed E-state index contributed by atoms with van der Waals surface area (Å²) in [6.07, 6.45) is 4.06. The molecule has 2 saturated heterocycles. The second-order valence-corrected chi connectivity index (χ2v) is 7.23. The molecule has 1 unspecified atom stereocenters. The highest BCUT2D eigenvalue weighted by Gasteiger charge is 2.20. The van der Waals surface area contributed by atoms with Gasteiger partial charge in [-0.2, -0.15) is 11.8 Å². The minimum absolute atomic E-state index is 0.728. The first kappa shape index (κ1) is 14.6. The third-order valence-electron chi connectivity index (χ3n) is 4.20. The van der Waals surface area contributed by atoms with Crippen molar-refractivity contribution in [2.45, 2.75) is 37.5 Å². The standard InChI is InChI=1S/C14H29N3S/c1-13-12-16(2)8-3-9-17(13)10-11-18-14-4-6-15-7-5-14/h13-15H,3-12H2,1-2H3. The van der Waals surface area contributed by atoms with E-state index in [2.05, 4.69) is 40.8 Å². The maximum atomic E-state index is 3.45. The smallest absolute Gasteiger partial charge is 0.0195 e. The van der Waals surface area contributed by atoms with Crippen molar-refractivity contribution in [2.24, 2.45) is 0 Å². The van der Waals surface area contributed by atoms with E-state index >= 15 is 0 Å². The van der Waals surface area contributed by atoms with Crippen LogP contribution in [0.1, 0.15) is 26.2 Å². The largest absolute Gasteiger partial charge is 0.317 e. The molecule has 0 spiro atoms. The minimum Gasteiger partial charge on any atom is -0.317 e. The lowest BCUT2D eigenvalue weighted by molar-refractivity contribution is 0.213. The summed E-state index contributed by atoms with van der Waals surface area (Å²) in [6.45, 7) is 9.91. The van der Waals surface area contributed by atoms with Crippen molar-refractivity contribution in [3.63, 3.8) is 0 Å². The van der Waals surface area contributed by atoms with E-state index < -0.39 is 0 Å². The summed E-state index contributed by atoms with van der Waals surface area (Å²) in [4.78, 5) is 5.17. The summed E-state index contributed by atoms with van der Waals surface area (Å²) in [5.41, 5.74) is 0. The van der Waals surface area contributed by atoms with Crippen LogP contribution in [0.2, 0.25) is 0 Å². The van der Waals surface area contributed by atoms with Crippen molar-refractivity contribution in [2.75, 3.05) is 52.1 Å². The van der Waals surface area contributed by atoms with Gasteiger partial charge in [0.05, 0.1) is 0 Å². The molecule has 2 fully saturated rings. The predicted octanol–water partition coefficient (Wildman–Crippen LogP) is 1.50. The second-order valence-electron chi connectivity index (χ2n) is 5.82. The molecular formula is C14H29N3S. The van der Waals surface area contributed by atoms with Crippen LogP contribution in [0.25, 0.3) is 0 Å². The van der Waals surface area contributed by atoms with Gasteiger partial charge < -0.3 is 10.2 Å². The summed E-state index contributed by atoms with van der Waals surface area (Å²) in [5.74, 6) is 1.32. The van der Waals surface area contributed by atoms with Crippen molar-refractivity contribution in [1.82, 2.24) is 15.1 Å². The number of nitrogens with one attached hydrogen (secondary N) is 1. The fourth-order valence-corrected chi connectivity index (χ4v) is 4.30. The van der Waals surface area contributed by atoms with Crippen molar-refractivity contribution in [3.05, 3.63) is 0 Å². The normalized spacial score (nSPS) is 29.3. The van der Waals surface area contributed by atoms with Gasteiger partial charge in [-0.05, 0) is 59.4 Å². The zero-order chi connectivity index (χ0) is 12.8. The van der Waals surface area contributed by atoms with Crippen molar-refractivity contribution >= 4 is 11.8 Å². The van der Waals surface area contributed by atoms with Gasteiger partial charge in [-0.3, -0.25) is 4.90 Å². The van der Waals surface area contributed by atoms with Crippen LogP contribution >= 0.6 is 11.8 Å². The maximum Gasteiger partial charge on any atom is 0.0195 e. The number of hydrogen-bond donors (Lipinski definition) is 1. The Labute approximate surface area is 117 Å².